The Morgan fingerprint density at radius 2 is 0.782 bits per heavy atom. The van der Waals surface area contributed by atoms with Gasteiger partial charge in [0, 0.05) is 38.1 Å². The Morgan fingerprint density at radius 3 is 1.10 bits per heavy atom. The second-order valence-corrected chi connectivity index (χ2v) is 19.4. The second-order valence-electron chi connectivity index (χ2n) is 19.4. The number of aromatic nitrogens is 2. The second kappa shape index (κ2) is 33.1. The number of aromatic amines is 1. The van der Waals surface area contributed by atoms with Gasteiger partial charge in [-0.3, -0.25) is 62.3 Å². The number of carboxylic acids is 5. The molecule has 11 atom stereocenters. The lowest BCUT2D eigenvalue weighted by atomic mass is 9.96. The van der Waals surface area contributed by atoms with Gasteiger partial charge >= 0.3 is 29.8 Å². The first-order chi connectivity index (χ1) is 36.3. The average Bonchev–Trinajstić information content (AvgIpc) is 3.86. The number of rotatable bonds is 36. The molecule has 0 aliphatic heterocycles. The van der Waals surface area contributed by atoms with Gasteiger partial charge in [0.05, 0.1) is 19.2 Å². The zero-order chi connectivity index (χ0) is 59.7. The Labute approximate surface area is 448 Å². The fraction of sp³-hybridized carbons (Fsp3) is 0.646. The van der Waals surface area contributed by atoms with Crippen LogP contribution in [-0.4, -0.2) is 173 Å². The Kier molecular flexibility index (Phi) is 28.7. The van der Waals surface area contributed by atoms with Crippen molar-refractivity contribution in [2.24, 2.45) is 23.7 Å². The van der Waals surface area contributed by atoms with E-state index in [2.05, 4.69) is 57.8 Å². The number of aliphatic carboxylic acids is 5. The third kappa shape index (κ3) is 23.8. The molecular formula is C48H75N11O19. The van der Waals surface area contributed by atoms with Crippen LogP contribution >= 0.6 is 0 Å². The van der Waals surface area contributed by atoms with E-state index in [0.717, 1.165) is 0 Å². The summed E-state index contributed by atoms with van der Waals surface area (Å²) < 4.78 is 0. The Morgan fingerprint density at radius 1 is 0.449 bits per heavy atom. The number of hydrogen-bond acceptors (Lipinski definition) is 15. The number of carboxylic acid groups (broad SMARTS) is 5. The lowest BCUT2D eigenvalue weighted by Gasteiger charge is -2.30. The lowest BCUT2D eigenvalue weighted by molar-refractivity contribution is -0.143. The number of amides is 9. The summed E-state index contributed by atoms with van der Waals surface area (Å²) in [7, 11) is 0. The van der Waals surface area contributed by atoms with Crippen molar-refractivity contribution in [1.29, 1.82) is 0 Å². The molecule has 0 unspecified atom stereocenters. The van der Waals surface area contributed by atoms with Crippen molar-refractivity contribution in [3.05, 3.63) is 18.2 Å². The molecule has 0 radical (unpaired) electrons. The summed E-state index contributed by atoms with van der Waals surface area (Å²) in [5.41, 5.74) is 0.315. The zero-order valence-electron chi connectivity index (χ0n) is 44.9. The predicted octanol–water partition coefficient (Wildman–Crippen LogP) is -2.50. The molecule has 436 valence electrons. The highest BCUT2D eigenvalue weighted by atomic mass is 16.4. The fourth-order valence-corrected chi connectivity index (χ4v) is 7.43. The van der Waals surface area contributed by atoms with Crippen LogP contribution in [0.1, 0.15) is 119 Å². The zero-order valence-corrected chi connectivity index (χ0v) is 44.9. The molecule has 0 fully saturated rings. The molecule has 1 aromatic heterocycles. The summed E-state index contributed by atoms with van der Waals surface area (Å²) >= 11 is 0. The Bertz CT molecular complexity index is 2310. The molecule has 1 rings (SSSR count). The lowest BCUT2D eigenvalue weighted by Crippen LogP contribution is -2.62. The van der Waals surface area contributed by atoms with Crippen LogP contribution in [0.3, 0.4) is 0 Å². The van der Waals surface area contributed by atoms with Crippen LogP contribution in [0.4, 0.5) is 0 Å². The molecule has 0 aliphatic rings. The maximum Gasteiger partial charge on any atom is 0.326 e. The van der Waals surface area contributed by atoms with Crippen molar-refractivity contribution in [3.8, 4) is 0 Å². The standard InChI is InChI=1S/C48H75N11O19/c1-10-23(7)38(51-25(9)60)46(75)53-28(13-15-33(63)64)41(70)57-37(22(5)6)45(74)54-30(18-35(67)68)43(72)59-39(24(8)11-2)47(76)55-29(17-34(65)66)42(71)58-36(21(3)4)44(73)52-27(12-14-32(61)62)40(69)56-31(48(77)78)16-26-19-49-20-50-26/h19-24,27-31,36-39H,10-18H2,1-9H3,(H,49,50)(H,51,60)(H,52,73)(H,53,75)(H,54,74)(H,55,76)(H,56,69)(H,57,70)(H,58,71)(H,59,72)(H,61,62)(H,63,64)(H,65,66)(H,67,68)(H,77,78)/t23-,24-,27-,28-,29-,30-,31-,36-,37-,38-,39-/m0/s1. The minimum Gasteiger partial charge on any atom is -0.481 e. The molecule has 1 aromatic rings. The number of nitrogens with one attached hydrogen (secondary N) is 10. The van der Waals surface area contributed by atoms with Crippen molar-refractivity contribution < 1.29 is 92.7 Å². The van der Waals surface area contributed by atoms with Gasteiger partial charge in [-0.2, -0.15) is 0 Å². The van der Waals surface area contributed by atoms with Crippen LogP contribution in [0, 0.1) is 23.7 Å². The molecule has 30 nitrogen and oxygen atoms in total. The van der Waals surface area contributed by atoms with Gasteiger partial charge in [0.15, 0.2) is 0 Å². The summed E-state index contributed by atoms with van der Waals surface area (Å²) in [5.74, 6) is -19.9. The van der Waals surface area contributed by atoms with Crippen molar-refractivity contribution in [2.45, 2.75) is 174 Å². The van der Waals surface area contributed by atoms with Crippen LogP contribution in [-0.2, 0) is 73.5 Å². The number of carbonyl (C=O) groups is 14. The molecule has 0 saturated heterocycles. The monoisotopic (exact) mass is 1110 g/mol. The number of carbonyl (C=O) groups excluding carboxylic acids is 9. The highest BCUT2D eigenvalue weighted by Crippen LogP contribution is 2.14. The SMILES string of the molecule is CC[C@H](C)[C@H](NC(C)=O)C(=O)N[C@@H](CCC(=O)O)C(=O)N[C@H](C(=O)N[C@@H](CC(=O)O)C(=O)N[C@H](C(=O)N[C@@H](CC(=O)O)C(=O)N[C@H](C(=O)N[C@@H](CCC(=O)O)C(=O)N[C@@H](Cc1cnc[nH]1)C(=O)O)C(C)C)[C@@H](C)CC)C(C)C. The maximum absolute atomic E-state index is 14.0. The van der Waals surface area contributed by atoms with E-state index in [0.29, 0.717) is 12.1 Å². The molecule has 0 aromatic carbocycles. The third-order valence-corrected chi connectivity index (χ3v) is 12.3. The molecular weight excluding hydrogens is 1030 g/mol. The molecule has 0 spiro atoms. The summed E-state index contributed by atoms with van der Waals surface area (Å²) in [5, 5.41) is 69.1. The van der Waals surface area contributed by atoms with Crippen molar-refractivity contribution in [1.82, 2.24) is 57.8 Å². The topological polar surface area (TPSA) is 477 Å². The van der Waals surface area contributed by atoms with Crippen molar-refractivity contribution >= 4 is 83.0 Å². The molecule has 9 amide bonds. The minimum absolute atomic E-state index is 0.122. The summed E-state index contributed by atoms with van der Waals surface area (Å²) in [6.07, 6.45) is -1.71. The van der Waals surface area contributed by atoms with Crippen LogP contribution < -0.4 is 47.9 Å². The average molecular weight is 1110 g/mol. The van der Waals surface area contributed by atoms with Crippen LogP contribution in [0.15, 0.2) is 12.5 Å². The predicted molar refractivity (Wildman–Crippen MR) is 270 cm³/mol. The molecule has 0 aliphatic carbocycles. The largest absolute Gasteiger partial charge is 0.481 e. The van der Waals surface area contributed by atoms with Gasteiger partial charge in [-0.1, -0.05) is 68.2 Å². The van der Waals surface area contributed by atoms with Crippen LogP contribution in [0.5, 0.6) is 0 Å². The Hall–Kier alpha value is -8.21. The number of imidazole rings is 1. The van der Waals surface area contributed by atoms with E-state index in [1.807, 2.05) is 0 Å². The number of hydrogen-bond donors (Lipinski definition) is 15. The van der Waals surface area contributed by atoms with Crippen LogP contribution in [0.2, 0.25) is 0 Å². The molecule has 0 saturated carbocycles. The summed E-state index contributed by atoms with van der Waals surface area (Å²) in [6.45, 7) is 13.4. The normalized spacial score (nSPS) is 15.3. The van der Waals surface area contributed by atoms with E-state index in [-0.39, 0.29) is 12.8 Å². The maximum atomic E-state index is 14.0. The van der Waals surface area contributed by atoms with E-state index >= 15 is 0 Å². The first-order valence-corrected chi connectivity index (χ1v) is 25.1. The van der Waals surface area contributed by atoms with Gasteiger partial charge in [-0.05, 0) is 36.5 Å². The van der Waals surface area contributed by atoms with Crippen molar-refractivity contribution in [3.63, 3.8) is 0 Å². The Balaban J connectivity index is 3.47. The quantitative estimate of drug-likeness (QED) is 0.0330. The molecule has 30 heteroatoms. The van der Waals surface area contributed by atoms with E-state index in [1.54, 1.807) is 20.8 Å². The van der Waals surface area contributed by atoms with E-state index in [4.69, 9.17) is 0 Å². The van der Waals surface area contributed by atoms with Gasteiger partial charge in [-0.25, -0.2) is 9.78 Å². The van der Waals surface area contributed by atoms with E-state index < -0.39 is 200 Å². The van der Waals surface area contributed by atoms with Gasteiger partial charge in [0.1, 0.15) is 54.4 Å². The minimum atomic E-state index is -1.99. The smallest absolute Gasteiger partial charge is 0.326 e. The van der Waals surface area contributed by atoms with Gasteiger partial charge in [-0.15, -0.1) is 0 Å². The van der Waals surface area contributed by atoms with E-state index in [9.17, 15) is 92.7 Å². The van der Waals surface area contributed by atoms with Gasteiger partial charge < -0.3 is 78.4 Å². The van der Waals surface area contributed by atoms with Crippen molar-refractivity contribution in [2.75, 3.05) is 0 Å². The molecule has 1 heterocycles. The first kappa shape index (κ1) is 67.8. The summed E-state index contributed by atoms with van der Waals surface area (Å²) in [6, 6.07) is -14.8. The third-order valence-electron chi connectivity index (χ3n) is 12.3. The molecule has 0 bridgehead atoms. The highest BCUT2D eigenvalue weighted by molar-refractivity contribution is 6.00. The fourth-order valence-electron chi connectivity index (χ4n) is 7.43. The first-order valence-electron chi connectivity index (χ1n) is 25.1. The van der Waals surface area contributed by atoms with Gasteiger partial charge in [0.25, 0.3) is 0 Å². The number of H-pyrrole nitrogens is 1. The number of nitrogens with zero attached hydrogens (tertiary/aromatic N) is 1. The van der Waals surface area contributed by atoms with Gasteiger partial charge in [0.2, 0.25) is 53.2 Å². The summed E-state index contributed by atoms with van der Waals surface area (Å²) in [4.78, 5) is 187. The molecule has 15 N–H and O–H groups in total. The van der Waals surface area contributed by atoms with Crippen LogP contribution in [0.25, 0.3) is 0 Å². The highest BCUT2D eigenvalue weighted by Gasteiger charge is 2.39. The van der Waals surface area contributed by atoms with E-state index in [1.165, 1.54) is 54.1 Å². The molecule has 78 heavy (non-hydrogen) atoms.